The molecule has 1 aliphatic carbocycles. The lowest BCUT2D eigenvalue weighted by atomic mass is 10.1. The minimum Gasteiger partial charge on any atom is -0.369 e. The molecule has 0 bridgehead atoms. The Labute approximate surface area is 157 Å². The van der Waals surface area contributed by atoms with Gasteiger partial charge in [0.05, 0.1) is 6.54 Å². The zero-order valence-electron chi connectivity index (χ0n) is 14.9. The van der Waals surface area contributed by atoms with Crippen molar-refractivity contribution in [3.05, 3.63) is 40.1 Å². The Kier molecular flexibility index (Phi) is 4.38. The average Bonchev–Trinajstić information content (AvgIpc) is 3.38. The van der Waals surface area contributed by atoms with E-state index >= 15 is 0 Å². The van der Waals surface area contributed by atoms with Gasteiger partial charge in [0.15, 0.2) is 0 Å². The zero-order valence-corrected chi connectivity index (χ0v) is 15.7. The van der Waals surface area contributed by atoms with E-state index in [1.54, 1.807) is 23.5 Å². The summed E-state index contributed by atoms with van der Waals surface area (Å²) < 4.78 is 13.1. The van der Waals surface area contributed by atoms with Crippen molar-refractivity contribution in [2.75, 3.05) is 44.2 Å². The van der Waals surface area contributed by atoms with Gasteiger partial charge in [-0.15, -0.1) is 10.2 Å². The van der Waals surface area contributed by atoms with Crippen LogP contribution in [0.25, 0.3) is 0 Å². The molecule has 3 fully saturated rings. The van der Waals surface area contributed by atoms with Gasteiger partial charge >= 0.3 is 0 Å². The summed E-state index contributed by atoms with van der Waals surface area (Å²) in [5.41, 5.74) is 1.13. The molecule has 0 N–H and O–H groups in total. The summed E-state index contributed by atoms with van der Waals surface area (Å²) in [5, 5.41) is 11.1. The fraction of sp³-hybridized carbons (Fsp3) is 0.579. The van der Waals surface area contributed by atoms with E-state index < -0.39 is 0 Å². The second-order valence-corrected chi connectivity index (χ2v) is 8.75. The van der Waals surface area contributed by atoms with E-state index in [-0.39, 0.29) is 5.82 Å². The van der Waals surface area contributed by atoms with Crippen LogP contribution in [-0.4, -0.2) is 65.3 Å². The lowest BCUT2D eigenvalue weighted by Crippen LogP contribution is -2.62. The molecule has 2 saturated heterocycles. The summed E-state index contributed by atoms with van der Waals surface area (Å²) in [5.74, 6) is 0.546. The molecule has 0 unspecified atom stereocenters. The first kappa shape index (κ1) is 16.6. The SMILES string of the molecule is Fc1ccc(N2CCN(C3CN(Cc4nnc(C5CC5)s4)C3)CC2)cc1. The van der Waals surface area contributed by atoms with Crippen molar-refractivity contribution in [1.29, 1.82) is 0 Å². The van der Waals surface area contributed by atoms with Crippen LogP contribution in [-0.2, 0) is 6.54 Å². The third-order valence-electron chi connectivity index (χ3n) is 5.73. The maximum absolute atomic E-state index is 13.1. The van der Waals surface area contributed by atoms with Gasteiger partial charge in [-0.05, 0) is 37.1 Å². The lowest BCUT2D eigenvalue weighted by molar-refractivity contribution is 0.0255. The van der Waals surface area contributed by atoms with Crippen LogP contribution >= 0.6 is 11.3 Å². The quantitative estimate of drug-likeness (QED) is 0.805. The second-order valence-electron chi connectivity index (χ2n) is 7.66. The largest absolute Gasteiger partial charge is 0.369 e. The minimum atomic E-state index is -0.165. The van der Waals surface area contributed by atoms with Gasteiger partial charge in [-0.3, -0.25) is 9.80 Å². The zero-order chi connectivity index (χ0) is 17.5. The molecule has 1 aromatic carbocycles. The van der Waals surface area contributed by atoms with Gasteiger partial charge in [-0.25, -0.2) is 4.39 Å². The van der Waals surface area contributed by atoms with Crippen molar-refractivity contribution in [3.8, 4) is 0 Å². The molecule has 0 atom stereocenters. The molecule has 0 amide bonds. The van der Waals surface area contributed by atoms with E-state index in [0.29, 0.717) is 12.0 Å². The molecule has 2 aliphatic heterocycles. The monoisotopic (exact) mass is 373 g/mol. The van der Waals surface area contributed by atoms with E-state index in [2.05, 4.69) is 24.9 Å². The van der Waals surface area contributed by atoms with Crippen molar-refractivity contribution >= 4 is 17.0 Å². The van der Waals surface area contributed by atoms with Crippen LogP contribution in [0.1, 0.15) is 28.8 Å². The Morgan fingerprint density at radius 3 is 2.42 bits per heavy atom. The van der Waals surface area contributed by atoms with Gasteiger partial charge in [-0.1, -0.05) is 11.3 Å². The van der Waals surface area contributed by atoms with Crippen LogP contribution in [0.5, 0.6) is 0 Å². The van der Waals surface area contributed by atoms with Crippen molar-refractivity contribution in [1.82, 2.24) is 20.0 Å². The number of benzene rings is 1. The Hall–Kier alpha value is -1.57. The first-order chi connectivity index (χ1) is 12.7. The van der Waals surface area contributed by atoms with Gasteiger partial charge in [0.2, 0.25) is 0 Å². The number of likely N-dealkylation sites (tertiary alicyclic amines) is 1. The molecular formula is C19H24FN5S. The van der Waals surface area contributed by atoms with Crippen LogP contribution < -0.4 is 4.90 Å². The second kappa shape index (κ2) is 6.87. The highest BCUT2D eigenvalue weighted by Gasteiger charge is 2.34. The van der Waals surface area contributed by atoms with E-state index in [1.807, 2.05) is 12.1 Å². The number of anilines is 1. The molecule has 5 nitrogen and oxygen atoms in total. The first-order valence-corrected chi connectivity index (χ1v) is 10.4. The molecule has 7 heteroatoms. The molecule has 26 heavy (non-hydrogen) atoms. The number of hydrogen-bond acceptors (Lipinski definition) is 6. The standard InChI is InChI=1S/C19H24FN5S/c20-15-3-5-16(6-4-15)24-7-9-25(10-8-24)17-11-23(12-17)13-18-21-22-19(26-18)14-1-2-14/h3-6,14,17H,1-2,7-13H2. The van der Waals surface area contributed by atoms with E-state index in [4.69, 9.17) is 0 Å². The number of aromatic nitrogens is 2. The van der Waals surface area contributed by atoms with Crippen molar-refractivity contribution in [3.63, 3.8) is 0 Å². The van der Waals surface area contributed by atoms with Gasteiger partial charge in [0.25, 0.3) is 0 Å². The Bertz CT molecular complexity index is 746. The van der Waals surface area contributed by atoms with E-state index in [0.717, 1.165) is 51.5 Å². The summed E-state index contributed by atoms with van der Waals surface area (Å²) in [6.07, 6.45) is 2.59. The van der Waals surface area contributed by atoms with Gasteiger partial charge in [0.1, 0.15) is 15.8 Å². The molecule has 2 aromatic rings. The predicted octanol–water partition coefficient (Wildman–Crippen LogP) is 2.56. The van der Waals surface area contributed by atoms with Gasteiger partial charge in [0, 0.05) is 56.9 Å². The first-order valence-electron chi connectivity index (χ1n) is 9.54. The molecule has 3 aliphatic rings. The van der Waals surface area contributed by atoms with Crippen molar-refractivity contribution in [2.24, 2.45) is 0 Å². The highest BCUT2D eigenvalue weighted by atomic mass is 32.1. The summed E-state index contributed by atoms with van der Waals surface area (Å²) in [7, 11) is 0. The summed E-state index contributed by atoms with van der Waals surface area (Å²) in [4.78, 5) is 7.44. The van der Waals surface area contributed by atoms with Gasteiger partial charge < -0.3 is 4.90 Å². The van der Waals surface area contributed by atoms with Crippen LogP contribution in [0.4, 0.5) is 10.1 Å². The van der Waals surface area contributed by atoms with E-state index in [1.165, 1.54) is 22.9 Å². The van der Waals surface area contributed by atoms with Crippen LogP contribution in [0.3, 0.4) is 0 Å². The normalized spacial score (nSPS) is 22.6. The number of rotatable bonds is 5. The van der Waals surface area contributed by atoms with Gasteiger partial charge in [-0.2, -0.15) is 0 Å². The third kappa shape index (κ3) is 3.48. The van der Waals surface area contributed by atoms with Crippen LogP contribution in [0.15, 0.2) is 24.3 Å². The molecule has 1 aromatic heterocycles. The molecule has 3 heterocycles. The van der Waals surface area contributed by atoms with Crippen LogP contribution in [0.2, 0.25) is 0 Å². The highest BCUT2D eigenvalue weighted by Crippen LogP contribution is 2.41. The summed E-state index contributed by atoms with van der Waals surface area (Å²) in [6, 6.07) is 7.53. The molecule has 1 saturated carbocycles. The average molecular weight is 374 g/mol. The van der Waals surface area contributed by atoms with E-state index in [9.17, 15) is 4.39 Å². The lowest BCUT2D eigenvalue weighted by Gasteiger charge is -2.48. The molecule has 138 valence electrons. The summed E-state index contributed by atoms with van der Waals surface area (Å²) in [6.45, 7) is 7.42. The number of hydrogen-bond donors (Lipinski definition) is 0. The summed E-state index contributed by atoms with van der Waals surface area (Å²) >= 11 is 1.81. The number of halogens is 1. The smallest absolute Gasteiger partial charge is 0.131 e. The topological polar surface area (TPSA) is 35.5 Å². The Balaban J connectivity index is 1.08. The molecule has 5 rings (SSSR count). The molecular weight excluding hydrogens is 349 g/mol. The number of nitrogens with zero attached hydrogens (tertiary/aromatic N) is 5. The maximum atomic E-state index is 13.1. The van der Waals surface area contributed by atoms with Crippen molar-refractivity contribution in [2.45, 2.75) is 31.3 Å². The minimum absolute atomic E-state index is 0.165. The Morgan fingerprint density at radius 1 is 1.00 bits per heavy atom. The van der Waals surface area contributed by atoms with Crippen molar-refractivity contribution < 1.29 is 4.39 Å². The molecule has 0 radical (unpaired) electrons. The maximum Gasteiger partial charge on any atom is 0.131 e. The Morgan fingerprint density at radius 2 is 1.73 bits per heavy atom. The third-order valence-corrected chi connectivity index (χ3v) is 6.80. The number of piperazine rings is 1. The highest BCUT2D eigenvalue weighted by molar-refractivity contribution is 7.11. The van der Waals surface area contributed by atoms with Crippen LogP contribution in [0, 0.1) is 5.82 Å². The molecule has 0 spiro atoms. The predicted molar refractivity (Wildman–Crippen MR) is 101 cm³/mol. The fourth-order valence-electron chi connectivity index (χ4n) is 3.92. The fourth-order valence-corrected chi connectivity index (χ4v) is 4.97.